The first-order chi connectivity index (χ1) is 9.06. The quantitative estimate of drug-likeness (QED) is 0.871. The molecule has 1 atom stereocenters. The molecule has 5 heteroatoms. The molecule has 0 bridgehead atoms. The van der Waals surface area contributed by atoms with Gasteiger partial charge in [-0.15, -0.1) is 0 Å². The molecule has 1 amide bonds. The van der Waals surface area contributed by atoms with E-state index in [9.17, 15) is 4.79 Å². The number of nitrogen functional groups attached to an aromatic ring is 1. The molecule has 2 fully saturated rings. The van der Waals surface area contributed by atoms with Crippen molar-refractivity contribution in [1.82, 2.24) is 14.4 Å². The van der Waals surface area contributed by atoms with Crippen LogP contribution in [0.15, 0.2) is 12.3 Å². The molecule has 1 unspecified atom stereocenters. The number of piperazine rings is 1. The van der Waals surface area contributed by atoms with Crippen molar-refractivity contribution in [2.24, 2.45) is 0 Å². The number of aromatic nitrogens is 1. The van der Waals surface area contributed by atoms with Crippen LogP contribution in [-0.2, 0) is 0 Å². The minimum absolute atomic E-state index is 0.128. The van der Waals surface area contributed by atoms with Gasteiger partial charge in [0.2, 0.25) is 0 Å². The Morgan fingerprint density at radius 1 is 1.37 bits per heavy atom. The van der Waals surface area contributed by atoms with Crippen LogP contribution >= 0.6 is 0 Å². The first kappa shape index (κ1) is 12.5. The second-order valence-electron chi connectivity index (χ2n) is 5.88. The Bertz CT molecular complexity index is 492. The van der Waals surface area contributed by atoms with Crippen LogP contribution in [0.1, 0.15) is 36.3 Å². The van der Waals surface area contributed by atoms with E-state index in [0.717, 1.165) is 38.2 Å². The van der Waals surface area contributed by atoms with Crippen molar-refractivity contribution in [3.8, 4) is 0 Å². The van der Waals surface area contributed by atoms with Crippen LogP contribution in [0.4, 0.5) is 5.69 Å². The highest BCUT2D eigenvalue weighted by molar-refractivity contribution is 5.94. The Morgan fingerprint density at radius 2 is 2.11 bits per heavy atom. The molecule has 2 N–H and O–H groups in total. The van der Waals surface area contributed by atoms with Gasteiger partial charge < -0.3 is 20.1 Å². The SMILES string of the molecule is CC1CN(C(=O)c2cc(N)cn2C2CC2)CCN1C. The Balaban J connectivity index is 1.80. The van der Waals surface area contributed by atoms with Crippen molar-refractivity contribution in [2.45, 2.75) is 31.8 Å². The molecular formula is C14H22N4O. The predicted molar refractivity (Wildman–Crippen MR) is 75.1 cm³/mol. The van der Waals surface area contributed by atoms with Crippen molar-refractivity contribution in [3.05, 3.63) is 18.0 Å². The molecule has 1 saturated heterocycles. The van der Waals surface area contributed by atoms with Gasteiger partial charge in [-0.2, -0.15) is 0 Å². The molecule has 2 heterocycles. The van der Waals surface area contributed by atoms with Crippen molar-refractivity contribution in [2.75, 3.05) is 32.4 Å². The Hall–Kier alpha value is -1.49. The van der Waals surface area contributed by atoms with Crippen LogP contribution in [0, 0.1) is 0 Å². The number of hydrogen-bond donors (Lipinski definition) is 1. The van der Waals surface area contributed by atoms with E-state index in [1.807, 2.05) is 17.2 Å². The molecule has 0 aromatic carbocycles. The minimum atomic E-state index is 0.128. The summed E-state index contributed by atoms with van der Waals surface area (Å²) in [5.74, 6) is 0.128. The van der Waals surface area contributed by atoms with E-state index < -0.39 is 0 Å². The summed E-state index contributed by atoms with van der Waals surface area (Å²) in [4.78, 5) is 16.9. The van der Waals surface area contributed by atoms with Gasteiger partial charge >= 0.3 is 0 Å². The summed E-state index contributed by atoms with van der Waals surface area (Å²) < 4.78 is 2.07. The largest absolute Gasteiger partial charge is 0.397 e. The number of carbonyl (C=O) groups is 1. The standard InChI is InChI=1S/C14H22N4O/c1-10-8-17(6-5-16(10)2)14(19)13-7-11(15)9-18(13)12-3-4-12/h7,9-10,12H,3-6,8,15H2,1-2H3. The molecule has 0 spiro atoms. The summed E-state index contributed by atoms with van der Waals surface area (Å²) >= 11 is 0. The molecule has 1 aliphatic heterocycles. The average Bonchev–Trinajstić information content (AvgIpc) is 3.15. The Morgan fingerprint density at radius 3 is 2.74 bits per heavy atom. The number of carbonyl (C=O) groups excluding carboxylic acids is 1. The molecular weight excluding hydrogens is 240 g/mol. The normalized spacial score (nSPS) is 24.7. The number of hydrogen-bond acceptors (Lipinski definition) is 3. The summed E-state index contributed by atoms with van der Waals surface area (Å²) in [6.07, 6.45) is 4.23. The molecule has 0 radical (unpaired) electrons. The molecule has 1 aromatic rings. The fraction of sp³-hybridized carbons (Fsp3) is 0.643. The number of amides is 1. The summed E-state index contributed by atoms with van der Waals surface area (Å²) in [6.45, 7) is 4.70. The predicted octanol–water partition coefficient (Wildman–Crippen LogP) is 1.18. The third kappa shape index (κ3) is 2.34. The highest BCUT2D eigenvalue weighted by Gasteiger charge is 2.31. The van der Waals surface area contributed by atoms with Crippen molar-refractivity contribution in [1.29, 1.82) is 0 Å². The van der Waals surface area contributed by atoms with Gasteiger partial charge in [0, 0.05) is 37.9 Å². The van der Waals surface area contributed by atoms with E-state index in [4.69, 9.17) is 5.73 Å². The number of nitrogens with two attached hydrogens (primary N) is 1. The third-order valence-electron chi connectivity index (χ3n) is 4.28. The summed E-state index contributed by atoms with van der Waals surface area (Å²) in [5, 5.41) is 0. The fourth-order valence-corrected chi connectivity index (χ4v) is 2.72. The number of rotatable bonds is 2. The van der Waals surface area contributed by atoms with Crippen molar-refractivity contribution >= 4 is 11.6 Å². The Kier molecular flexibility index (Phi) is 3.01. The first-order valence-electron chi connectivity index (χ1n) is 7.03. The molecule has 5 nitrogen and oxygen atoms in total. The van der Waals surface area contributed by atoms with Crippen LogP contribution in [-0.4, -0.2) is 53.0 Å². The lowest BCUT2D eigenvalue weighted by Gasteiger charge is -2.37. The summed E-state index contributed by atoms with van der Waals surface area (Å²) in [5.41, 5.74) is 7.31. The van der Waals surface area contributed by atoms with Gasteiger partial charge in [-0.05, 0) is 32.9 Å². The molecule has 3 rings (SSSR count). The Labute approximate surface area is 114 Å². The summed E-state index contributed by atoms with van der Waals surface area (Å²) in [6, 6.07) is 2.73. The highest BCUT2D eigenvalue weighted by Crippen LogP contribution is 2.37. The van der Waals surface area contributed by atoms with Crippen LogP contribution in [0.5, 0.6) is 0 Å². The van der Waals surface area contributed by atoms with E-state index in [-0.39, 0.29) is 5.91 Å². The number of nitrogens with zero attached hydrogens (tertiary/aromatic N) is 3. The molecule has 1 aromatic heterocycles. The lowest BCUT2D eigenvalue weighted by atomic mass is 10.2. The smallest absolute Gasteiger partial charge is 0.270 e. The topological polar surface area (TPSA) is 54.5 Å². The lowest BCUT2D eigenvalue weighted by molar-refractivity contribution is 0.0562. The number of likely N-dealkylation sites (N-methyl/N-ethyl adjacent to an activating group) is 1. The summed E-state index contributed by atoms with van der Waals surface area (Å²) in [7, 11) is 2.11. The average molecular weight is 262 g/mol. The van der Waals surface area contributed by atoms with E-state index >= 15 is 0 Å². The van der Waals surface area contributed by atoms with Crippen LogP contribution in [0.3, 0.4) is 0 Å². The van der Waals surface area contributed by atoms with Crippen LogP contribution in [0.2, 0.25) is 0 Å². The molecule has 104 valence electrons. The van der Waals surface area contributed by atoms with E-state index in [0.29, 0.717) is 17.8 Å². The third-order valence-corrected chi connectivity index (χ3v) is 4.28. The van der Waals surface area contributed by atoms with E-state index in [1.165, 1.54) is 0 Å². The maximum Gasteiger partial charge on any atom is 0.270 e. The minimum Gasteiger partial charge on any atom is -0.397 e. The van der Waals surface area contributed by atoms with Crippen molar-refractivity contribution < 1.29 is 4.79 Å². The van der Waals surface area contributed by atoms with Crippen LogP contribution < -0.4 is 5.73 Å². The fourth-order valence-electron chi connectivity index (χ4n) is 2.72. The molecule has 2 aliphatic rings. The monoisotopic (exact) mass is 262 g/mol. The zero-order valence-electron chi connectivity index (χ0n) is 11.7. The van der Waals surface area contributed by atoms with Gasteiger partial charge in [0.15, 0.2) is 0 Å². The van der Waals surface area contributed by atoms with E-state index in [1.54, 1.807) is 0 Å². The van der Waals surface area contributed by atoms with Gasteiger partial charge in [0.25, 0.3) is 5.91 Å². The zero-order chi connectivity index (χ0) is 13.6. The number of anilines is 1. The molecule has 19 heavy (non-hydrogen) atoms. The lowest BCUT2D eigenvalue weighted by Crippen LogP contribution is -2.52. The van der Waals surface area contributed by atoms with E-state index in [2.05, 4.69) is 23.4 Å². The second-order valence-corrected chi connectivity index (χ2v) is 5.88. The maximum absolute atomic E-state index is 12.6. The van der Waals surface area contributed by atoms with Gasteiger partial charge in [-0.25, -0.2) is 0 Å². The first-order valence-corrected chi connectivity index (χ1v) is 7.03. The van der Waals surface area contributed by atoms with Crippen molar-refractivity contribution in [3.63, 3.8) is 0 Å². The zero-order valence-corrected chi connectivity index (χ0v) is 11.7. The molecule has 1 aliphatic carbocycles. The highest BCUT2D eigenvalue weighted by atomic mass is 16.2. The van der Waals surface area contributed by atoms with Gasteiger partial charge in [0.05, 0.1) is 5.69 Å². The molecule has 1 saturated carbocycles. The van der Waals surface area contributed by atoms with Gasteiger partial charge in [-0.3, -0.25) is 4.79 Å². The maximum atomic E-state index is 12.6. The van der Waals surface area contributed by atoms with Crippen LogP contribution in [0.25, 0.3) is 0 Å². The second kappa shape index (κ2) is 4.56. The van der Waals surface area contributed by atoms with Gasteiger partial charge in [-0.1, -0.05) is 0 Å². The van der Waals surface area contributed by atoms with Gasteiger partial charge in [0.1, 0.15) is 5.69 Å².